The molecule has 3 nitrogen and oxygen atoms in total. The maximum absolute atomic E-state index is 5.86. The van der Waals surface area contributed by atoms with E-state index >= 15 is 0 Å². The summed E-state index contributed by atoms with van der Waals surface area (Å²) in [5, 5.41) is 0. The van der Waals surface area contributed by atoms with Crippen LogP contribution in [0.2, 0.25) is 0 Å². The van der Waals surface area contributed by atoms with Gasteiger partial charge >= 0.3 is 0 Å². The smallest absolute Gasteiger partial charge is 0.168 e. The molecule has 1 unspecified atom stereocenters. The van der Waals surface area contributed by atoms with Crippen molar-refractivity contribution < 1.29 is 9.15 Å². The molecule has 5 heteroatoms. The Morgan fingerprint density at radius 1 is 1.28 bits per heavy atom. The molecule has 2 N–H and O–H groups in total. The largest absolute Gasteiger partial charge is 0.480 e. The van der Waals surface area contributed by atoms with Crippen molar-refractivity contribution in [3.05, 3.63) is 50.8 Å². The third-order valence-corrected chi connectivity index (χ3v) is 3.57. The first-order chi connectivity index (χ1) is 8.60. The van der Waals surface area contributed by atoms with Crippen LogP contribution in [0, 0.1) is 6.92 Å². The lowest BCUT2D eigenvalue weighted by Gasteiger charge is -2.16. The highest BCUT2D eigenvalue weighted by atomic mass is 79.9. The Labute approximate surface area is 123 Å². The number of halogens is 2. The van der Waals surface area contributed by atoms with Crippen LogP contribution in [0.15, 0.2) is 43.7 Å². The van der Waals surface area contributed by atoms with E-state index in [0.29, 0.717) is 6.54 Å². The molecule has 0 amide bonds. The van der Waals surface area contributed by atoms with E-state index in [1.165, 1.54) is 0 Å². The molecule has 0 bridgehead atoms. The lowest BCUT2D eigenvalue weighted by atomic mass is 10.2. The first-order valence-electron chi connectivity index (χ1n) is 5.48. The molecule has 96 valence electrons. The Hall–Kier alpha value is -0.780. The molecule has 0 aliphatic heterocycles. The van der Waals surface area contributed by atoms with E-state index in [1.807, 2.05) is 37.3 Å². The van der Waals surface area contributed by atoms with E-state index in [-0.39, 0.29) is 6.10 Å². The van der Waals surface area contributed by atoms with Gasteiger partial charge in [0.25, 0.3) is 0 Å². The number of rotatable bonds is 4. The summed E-state index contributed by atoms with van der Waals surface area (Å²) in [7, 11) is 0. The summed E-state index contributed by atoms with van der Waals surface area (Å²) in [5.74, 6) is 2.33. The zero-order valence-electron chi connectivity index (χ0n) is 9.82. The molecular formula is C13H13Br2NO2. The Kier molecular flexibility index (Phi) is 4.48. The number of furan rings is 1. The van der Waals surface area contributed by atoms with Gasteiger partial charge in [-0.25, -0.2) is 0 Å². The second-order valence-electron chi connectivity index (χ2n) is 3.87. The van der Waals surface area contributed by atoms with Crippen LogP contribution in [-0.2, 0) is 0 Å². The van der Waals surface area contributed by atoms with Gasteiger partial charge in [0, 0.05) is 11.0 Å². The topological polar surface area (TPSA) is 48.4 Å². The highest BCUT2D eigenvalue weighted by molar-refractivity contribution is 9.11. The Bertz CT molecular complexity index is 540. The first kappa shape index (κ1) is 13.6. The minimum Gasteiger partial charge on any atom is -0.480 e. The Balaban J connectivity index is 2.20. The molecule has 1 heterocycles. The summed E-state index contributed by atoms with van der Waals surface area (Å²) in [5.41, 5.74) is 5.73. The van der Waals surface area contributed by atoms with Crippen LogP contribution < -0.4 is 10.5 Å². The average molecular weight is 375 g/mol. The van der Waals surface area contributed by atoms with Crippen LogP contribution in [-0.4, -0.2) is 6.54 Å². The van der Waals surface area contributed by atoms with Crippen LogP contribution in [0.1, 0.15) is 17.6 Å². The monoisotopic (exact) mass is 373 g/mol. The van der Waals surface area contributed by atoms with Gasteiger partial charge in [-0.2, -0.15) is 0 Å². The van der Waals surface area contributed by atoms with E-state index in [4.69, 9.17) is 14.9 Å². The molecular weight excluding hydrogens is 362 g/mol. The number of nitrogens with two attached hydrogens (primary N) is 1. The molecule has 0 saturated carbocycles. The maximum atomic E-state index is 5.86. The highest BCUT2D eigenvalue weighted by Gasteiger charge is 2.16. The molecule has 18 heavy (non-hydrogen) atoms. The summed E-state index contributed by atoms with van der Waals surface area (Å²) >= 11 is 6.86. The van der Waals surface area contributed by atoms with Crippen molar-refractivity contribution in [2.75, 3.05) is 6.54 Å². The predicted molar refractivity (Wildman–Crippen MR) is 77.7 cm³/mol. The molecule has 0 spiro atoms. The molecule has 2 aromatic rings. The summed E-state index contributed by atoms with van der Waals surface area (Å²) in [6.07, 6.45) is -0.281. The van der Waals surface area contributed by atoms with Gasteiger partial charge in [-0.05, 0) is 53.2 Å². The van der Waals surface area contributed by atoms with Gasteiger partial charge in [-0.3, -0.25) is 0 Å². The third-order valence-electron chi connectivity index (χ3n) is 2.46. The van der Waals surface area contributed by atoms with Gasteiger partial charge in [0.05, 0.1) is 4.47 Å². The zero-order chi connectivity index (χ0) is 13.1. The Morgan fingerprint density at radius 3 is 2.61 bits per heavy atom. The van der Waals surface area contributed by atoms with Crippen molar-refractivity contribution in [2.24, 2.45) is 5.73 Å². The van der Waals surface area contributed by atoms with E-state index in [2.05, 4.69) is 31.9 Å². The minimum atomic E-state index is -0.281. The fourth-order valence-corrected chi connectivity index (χ4v) is 2.71. The molecule has 0 fully saturated rings. The molecule has 1 aromatic carbocycles. The minimum absolute atomic E-state index is 0.281. The Morgan fingerprint density at radius 2 is 2.06 bits per heavy atom. The van der Waals surface area contributed by atoms with Crippen molar-refractivity contribution in [3.63, 3.8) is 0 Å². The van der Waals surface area contributed by atoms with Gasteiger partial charge in [0.1, 0.15) is 17.3 Å². The molecule has 1 atom stereocenters. The molecule has 0 radical (unpaired) electrons. The zero-order valence-corrected chi connectivity index (χ0v) is 13.0. The van der Waals surface area contributed by atoms with Crippen LogP contribution in [0.25, 0.3) is 0 Å². The molecule has 0 aliphatic carbocycles. The number of hydrogen-bond donors (Lipinski definition) is 1. The summed E-state index contributed by atoms with van der Waals surface area (Å²) in [4.78, 5) is 0. The predicted octanol–water partition coefficient (Wildman–Crippen LogP) is 4.19. The lowest BCUT2D eigenvalue weighted by molar-refractivity contribution is 0.181. The van der Waals surface area contributed by atoms with E-state index < -0.39 is 0 Å². The van der Waals surface area contributed by atoms with E-state index in [9.17, 15) is 0 Å². The second kappa shape index (κ2) is 5.91. The third kappa shape index (κ3) is 3.16. The van der Waals surface area contributed by atoms with Crippen molar-refractivity contribution in [1.82, 2.24) is 0 Å². The van der Waals surface area contributed by atoms with Crippen molar-refractivity contribution in [3.8, 4) is 5.75 Å². The van der Waals surface area contributed by atoms with Crippen molar-refractivity contribution in [2.45, 2.75) is 13.0 Å². The summed E-state index contributed by atoms with van der Waals surface area (Å²) < 4.78 is 13.3. The van der Waals surface area contributed by atoms with Gasteiger partial charge in [0.2, 0.25) is 0 Å². The van der Waals surface area contributed by atoms with Gasteiger partial charge in [-0.1, -0.05) is 15.9 Å². The number of ether oxygens (including phenoxy) is 1. The standard InChI is InChI=1S/C13H13Br2NO2/c1-8-2-4-12(17-8)13(7-16)18-11-5-3-9(14)6-10(11)15/h2-6,13H,7,16H2,1H3. The molecule has 0 saturated heterocycles. The highest BCUT2D eigenvalue weighted by Crippen LogP contribution is 2.31. The van der Waals surface area contributed by atoms with Gasteiger partial charge < -0.3 is 14.9 Å². The first-order valence-corrected chi connectivity index (χ1v) is 7.07. The van der Waals surface area contributed by atoms with Crippen molar-refractivity contribution >= 4 is 31.9 Å². The van der Waals surface area contributed by atoms with E-state index in [0.717, 1.165) is 26.2 Å². The van der Waals surface area contributed by atoms with E-state index in [1.54, 1.807) is 0 Å². The van der Waals surface area contributed by atoms with Crippen molar-refractivity contribution in [1.29, 1.82) is 0 Å². The SMILES string of the molecule is Cc1ccc(C(CN)Oc2ccc(Br)cc2Br)o1. The fraction of sp³-hybridized carbons (Fsp3) is 0.231. The van der Waals surface area contributed by atoms with Gasteiger partial charge in [0.15, 0.2) is 6.10 Å². The van der Waals surface area contributed by atoms with Crippen LogP contribution in [0.5, 0.6) is 5.75 Å². The molecule has 0 aliphatic rings. The van der Waals surface area contributed by atoms with Crippen LogP contribution >= 0.6 is 31.9 Å². The number of benzene rings is 1. The summed E-state index contributed by atoms with van der Waals surface area (Å²) in [6, 6.07) is 9.52. The maximum Gasteiger partial charge on any atom is 0.168 e. The molecule has 2 rings (SSSR count). The molecule has 1 aromatic heterocycles. The average Bonchev–Trinajstić information content (AvgIpc) is 2.75. The second-order valence-corrected chi connectivity index (χ2v) is 5.64. The fourth-order valence-electron chi connectivity index (χ4n) is 1.57. The number of hydrogen-bond acceptors (Lipinski definition) is 3. The normalized spacial score (nSPS) is 12.4. The quantitative estimate of drug-likeness (QED) is 0.872. The van der Waals surface area contributed by atoms with Crippen LogP contribution in [0.3, 0.4) is 0 Å². The summed E-state index contributed by atoms with van der Waals surface area (Å²) in [6.45, 7) is 2.25. The van der Waals surface area contributed by atoms with Crippen LogP contribution in [0.4, 0.5) is 0 Å². The lowest BCUT2D eigenvalue weighted by Crippen LogP contribution is -2.18. The number of aryl methyl sites for hydroxylation is 1. The van der Waals surface area contributed by atoms with Gasteiger partial charge in [-0.15, -0.1) is 0 Å².